The van der Waals surface area contributed by atoms with Gasteiger partial charge in [0.25, 0.3) is 0 Å². The number of aromatic hydroxyl groups is 1. The molecule has 0 unspecified atom stereocenters. The quantitative estimate of drug-likeness (QED) is 0.502. The summed E-state index contributed by atoms with van der Waals surface area (Å²) in [6, 6.07) is 4.95. The Hall–Kier alpha value is -1.33. The van der Waals surface area contributed by atoms with Crippen LogP contribution in [0.15, 0.2) is 22.8 Å². The van der Waals surface area contributed by atoms with Crippen molar-refractivity contribution in [2.75, 3.05) is 6.61 Å². The zero-order valence-corrected chi connectivity index (χ0v) is 13.2. The van der Waals surface area contributed by atoms with Crippen molar-refractivity contribution in [3.63, 3.8) is 0 Å². The van der Waals surface area contributed by atoms with E-state index in [1.807, 2.05) is 6.92 Å². The van der Waals surface area contributed by atoms with Crippen LogP contribution in [0, 0.1) is 0 Å². The van der Waals surface area contributed by atoms with Crippen molar-refractivity contribution in [3.05, 3.63) is 33.5 Å². The largest absolute Gasteiger partial charge is 0.505 e. The molecule has 1 N–H and O–H groups in total. The minimum absolute atomic E-state index is 0.0946. The van der Waals surface area contributed by atoms with Crippen molar-refractivity contribution in [2.45, 2.75) is 19.8 Å². The highest BCUT2D eigenvalue weighted by atomic mass is 79.9. The Kier molecular flexibility index (Phi) is 4.83. The molecule has 0 saturated carbocycles. The predicted molar refractivity (Wildman–Crippen MR) is 81.3 cm³/mol. The summed E-state index contributed by atoms with van der Waals surface area (Å²) in [5.41, 5.74) is -0.0946. The summed E-state index contributed by atoms with van der Waals surface area (Å²) in [5, 5.41) is 11.8. The average Bonchev–Trinajstić information content (AvgIpc) is 2.42. The summed E-state index contributed by atoms with van der Waals surface area (Å²) >= 11 is 9.19. The molecule has 0 fully saturated rings. The number of carbonyl (C=O) groups is 1. The molecule has 0 saturated heterocycles. The molecule has 1 aromatic heterocycles. The average molecular weight is 359 g/mol. The summed E-state index contributed by atoms with van der Waals surface area (Å²) in [4.78, 5) is 16.0. The van der Waals surface area contributed by atoms with Gasteiger partial charge in [0.1, 0.15) is 4.60 Å². The van der Waals surface area contributed by atoms with Gasteiger partial charge in [-0.2, -0.15) is 0 Å². The molecule has 0 bridgehead atoms. The molecule has 0 amide bonds. The fourth-order valence-electron chi connectivity index (χ4n) is 1.75. The molecule has 0 atom stereocenters. The van der Waals surface area contributed by atoms with Crippen LogP contribution in [0.2, 0.25) is 5.02 Å². The first kappa shape index (κ1) is 15.1. The van der Waals surface area contributed by atoms with E-state index in [-0.39, 0.29) is 11.4 Å². The van der Waals surface area contributed by atoms with Gasteiger partial charge in [-0.25, -0.2) is 9.78 Å². The van der Waals surface area contributed by atoms with Crippen molar-refractivity contribution < 1.29 is 14.6 Å². The molecule has 0 radical (unpaired) electrons. The van der Waals surface area contributed by atoms with E-state index in [0.717, 1.165) is 12.8 Å². The Labute approximate surface area is 129 Å². The maximum atomic E-state index is 11.9. The smallest absolute Gasteiger partial charge is 0.360 e. The third-order valence-electron chi connectivity index (χ3n) is 2.82. The third-order valence-corrected chi connectivity index (χ3v) is 3.66. The number of pyridine rings is 1. The lowest BCUT2D eigenvalue weighted by atomic mass is 10.1. The van der Waals surface area contributed by atoms with E-state index in [2.05, 4.69) is 20.9 Å². The van der Waals surface area contributed by atoms with Gasteiger partial charge < -0.3 is 9.84 Å². The van der Waals surface area contributed by atoms with Crippen molar-refractivity contribution >= 4 is 44.3 Å². The highest BCUT2D eigenvalue weighted by Gasteiger charge is 2.19. The summed E-state index contributed by atoms with van der Waals surface area (Å²) in [6.07, 6.45) is 1.70. The van der Waals surface area contributed by atoms with Crippen LogP contribution in [0.5, 0.6) is 5.75 Å². The SMILES string of the molecule is CCCCOC(=O)c1nc(Br)c2cc(Cl)ccc2c1O. The van der Waals surface area contributed by atoms with Crippen LogP contribution in [-0.4, -0.2) is 22.7 Å². The first-order chi connectivity index (χ1) is 9.54. The molecule has 2 aromatic rings. The number of nitrogens with zero attached hydrogens (tertiary/aromatic N) is 1. The lowest BCUT2D eigenvalue weighted by Crippen LogP contribution is -2.09. The highest BCUT2D eigenvalue weighted by Crippen LogP contribution is 2.34. The molecule has 0 aliphatic rings. The number of rotatable bonds is 4. The van der Waals surface area contributed by atoms with Gasteiger partial charge in [-0.3, -0.25) is 0 Å². The summed E-state index contributed by atoms with van der Waals surface area (Å²) in [6.45, 7) is 2.31. The van der Waals surface area contributed by atoms with E-state index >= 15 is 0 Å². The monoisotopic (exact) mass is 357 g/mol. The second-order valence-electron chi connectivity index (χ2n) is 4.28. The molecule has 2 rings (SSSR count). The molecule has 0 aliphatic heterocycles. The van der Waals surface area contributed by atoms with Crippen LogP contribution in [0.4, 0.5) is 0 Å². The van der Waals surface area contributed by atoms with E-state index in [1.165, 1.54) is 0 Å². The lowest BCUT2D eigenvalue weighted by molar-refractivity contribution is 0.0489. The van der Waals surface area contributed by atoms with Gasteiger partial charge in [-0.15, -0.1) is 0 Å². The number of benzene rings is 1. The van der Waals surface area contributed by atoms with Crippen LogP contribution in [-0.2, 0) is 4.74 Å². The lowest BCUT2D eigenvalue weighted by Gasteiger charge is -2.09. The van der Waals surface area contributed by atoms with Crippen LogP contribution in [0.1, 0.15) is 30.3 Å². The van der Waals surface area contributed by atoms with Gasteiger partial charge in [0.15, 0.2) is 11.4 Å². The summed E-state index contributed by atoms with van der Waals surface area (Å²) in [5.74, 6) is -0.824. The van der Waals surface area contributed by atoms with Crippen molar-refractivity contribution in [2.24, 2.45) is 0 Å². The minimum Gasteiger partial charge on any atom is -0.505 e. The number of unbranched alkanes of at least 4 members (excludes halogenated alkanes) is 1. The van der Waals surface area contributed by atoms with Crippen molar-refractivity contribution in [1.29, 1.82) is 0 Å². The zero-order valence-electron chi connectivity index (χ0n) is 10.8. The third kappa shape index (κ3) is 3.04. The zero-order chi connectivity index (χ0) is 14.7. The van der Waals surface area contributed by atoms with E-state index in [9.17, 15) is 9.90 Å². The first-order valence-electron chi connectivity index (χ1n) is 6.19. The number of esters is 1. The van der Waals surface area contributed by atoms with Crippen LogP contribution < -0.4 is 0 Å². The van der Waals surface area contributed by atoms with E-state index in [0.29, 0.717) is 27.0 Å². The fourth-order valence-corrected chi connectivity index (χ4v) is 2.43. The number of carbonyl (C=O) groups excluding carboxylic acids is 1. The molecule has 106 valence electrons. The van der Waals surface area contributed by atoms with Gasteiger partial charge in [0, 0.05) is 15.8 Å². The summed E-state index contributed by atoms with van der Waals surface area (Å²) in [7, 11) is 0. The topological polar surface area (TPSA) is 59.4 Å². The van der Waals surface area contributed by atoms with E-state index in [1.54, 1.807) is 18.2 Å². The summed E-state index contributed by atoms with van der Waals surface area (Å²) < 4.78 is 5.51. The fraction of sp³-hybridized carbons (Fsp3) is 0.286. The molecule has 4 nitrogen and oxygen atoms in total. The Bertz CT molecular complexity index is 660. The second-order valence-corrected chi connectivity index (χ2v) is 5.47. The maximum Gasteiger partial charge on any atom is 0.360 e. The number of halogens is 2. The van der Waals surface area contributed by atoms with Crippen molar-refractivity contribution in [3.8, 4) is 5.75 Å². The van der Waals surface area contributed by atoms with Gasteiger partial charge in [-0.05, 0) is 40.5 Å². The second kappa shape index (κ2) is 6.41. The van der Waals surface area contributed by atoms with Crippen LogP contribution >= 0.6 is 27.5 Å². The van der Waals surface area contributed by atoms with E-state index < -0.39 is 5.97 Å². The normalized spacial score (nSPS) is 10.8. The van der Waals surface area contributed by atoms with Crippen molar-refractivity contribution in [1.82, 2.24) is 4.98 Å². The Balaban J connectivity index is 2.42. The molecule has 20 heavy (non-hydrogen) atoms. The number of hydrogen-bond acceptors (Lipinski definition) is 4. The molecule has 6 heteroatoms. The minimum atomic E-state index is -0.631. The van der Waals surface area contributed by atoms with Crippen LogP contribution in [0.3, 0.4) is 0 Å². The number of hydrogen-bond donors (Lipinski definition) is 1. The Morgan fingerprint density at radius 2 is 2.20 bits per heavy atom. The van der Waals surface area contributed by atoms with Gasteiger partial charge in [0.05, 0.1) is 6.61 Å². The van der Waals surface area contributed by atoms with Gasteiger partial charge >= 0.3 is 5.97 Å². The van der Waals surface area contributed by atoms with Crippen LogP contribution in [0.25, 0.3) is 10.8 Å². The predicted octanol–water partition coefficient (Wildman–Crippen LogP) is 4.31. The van der Waals surface area contributed by atoms with Gasteiger partial charge in [0.2, 0.25) is 0 Å². The molecular weight excluding hydrogens is 346 g/mol. The Morgan fingerprint density at radius 1 is 1.45 bits per heavy atom. The highest BCUT2D eigenvalue weighted by molar-refractivity contribution is 9.10. The van der Waals surface area contributed by atoms with E-state index in [4.69, 9.17) is 16.3 Å². The first-order valence-corrected chi connectivity index (χ1v) is 7.36. The Morgan fingerprint density at radius 3 is 2.90 bits per heavy atom. The molecule has 0 aliphatic carbocycles. The number of aromatic nitrogens is 1. The molecular formula is C14H13BrClNO3. The maximum absolute atomic E-state index is 11.9. The molecule has 0 spiro atoms. The number of ether oxygens (including phenoxy) is 1. The molecule has 1 aromatic carbocycles. The van der Waals surface area contributed by atoms with Gasteiger partial charge in [-0.1, -0.05) is 24.9 Å². The number of fused-ring (bicyclic) bond motifs is 1. The standard InChI is InChI=1S/C14H13BrClNO3/c1-2-3-6-20-14(19)11-12(18)9-5-4-8(16)7-10(9)13(15)17-11/h4-5,7,18H,2-3,6H2,1H3. The molecule has 1 heterocycles.